The zero-order chi connectivity index (χ0) is 13.8. The van der Waals surface area contributed by atoms with Crippen molar-refractivity contribution in [2.24, 2.45) is 5.92 Å². The van der Waals surface area contributed by atoms with Crippen LogP contribution >= 0.6 is 0 Å². The number of rotatable bonds is 5. The summed E-state index contributed by atoms with van der Waals surface area (Å²) in [6, 6.07) is 0.629. The minimum absolute atomic E-state index is 0.243. The van der Waals surface area contributed by atoms with Gasteiger partial charge in [-0.1, -0.05) is 19.8 Å². The van der Waals surface area contributed by atoms with Crippen molar-refractivity contribution < 1.29 is 9.47 Å². The van der Waals surface area contributed by atoms with Gasteiger partial charge < -0.3 is 14.8 Å². The lowest BCUT2D eigenvalue weighted by molar-refractivity contribution is -0.0999. The van der Waals surface area contributed by atoms with Gasteiger partial charge in [0.15, 0.2) is 0 Å². The van der Waals surface area contributed by atoms with Crippen molar-refractivity contribution in [3.63, 3.8) is 0 Å². The van der Waals surface area contributed by atoms with Gasteiger partial charge in [0, 0.05) is 19.3 Å². The Balaban J connectivity index is 1.60. The van der Waals surface area contributed by atoms with Gasteiger partial charge in [-0.3, -0.25) is 0 Å². The molecule has 0 radical (unpaired) electrons. The molecule has 0 aromatic rings. The first-order valence-electron chi connectivity index (χ1n) is 8.80. The largest absolute Gasteiger partial charge is 0.378 e. The van der Waals surface area contributed by atoms with Gasteiger partial charge in [-0.25, -0.2) is 0 Å². The van der Waals surface area contributed by atoms with E-state index in [0.29, 0.717) is 12.1 Å². The molecule has 1 spiro atoms. The Labute approximate surface area is 123 Å². The van der Waals surface area contributed by atoms with E-state index in [2.05, 4.69) is 12.2 Å². The van der Waals surface area contributed by atoms with Crippen LogP contribution in [0.3, 0.4) is 0 Å². The molecule has 2 saturated heterocycles. The zero-order valence-corrected chi connectivity index (χ0v) is 13.0. The predicted octanol–water partition coefficient (Wildman–Crippen LogP) is 3.27. The summed E-state index contributed by atoms with van der Waals surface area (Å²) in [6.07, 6.45) is 12.0. The Bertz CT molecular complexity index is 293. The first-order valence-corrected chi connectivity index (χ1v) is 8.80. The Morgan fingerprint density at radius 2 is 2.00 bits per heavy atom. The highest BCUT2D eigenvalue weighted by Gasteiger charge is 2.42. The van der Waals surface area contributed by atoms with Crippen LogP contribution in [0, 0.1) is 5.92 Å². The van der Waals surface area contributed by atoms with Crippen molar-refractivity contribution >= 4 is 0 Å². The van der Waals surface area contributed by atoms with Gasteiger partial charge in [0.05, 0.1) is 11.7 Å². The van der Waals surface area contributed by atoms with Crippen molar-refractivity contribution in [2.75, 3.05) is 19.8 Å². The smallest absolute Gasteiger partial charge is 0.0685 e. The average molecular weight is 281 g/mol. The second-order valence-electron chi connectivity index (χ2n) is 7.03. The molecule has 3 fully saturated rings. The molecular weight excluding hydrogens is 250 g/mol. The molecule has 116 valence electrons. The van der Waals surface area contributed by atoms with E-state index in [0.717, 1.165) is 25.7 Å². The van der Waals surface area contributed by atoms with Gasteiger partial charge in [-0.2, -0.15) is 0 Å². The molecule has 0 aromatic heterocycles. The van der Waals surface area contributed by atoms with E-state index in [9.17, 15) is 0 Å². The fraction of sp³-hybridized carbons (Fsp3) is 1.00. The molecule has 1 aliphatic carbocycles. The van der Waals surface area contributed by atoms with Gasteiger partial charge in [0.2, 0.25) is 0 Å². The third kappa shape index (κ3) is 3.37. The van der Waals surface area contributed by atoms with Crippen molar-refractivity contribution in [3.8, 4) is 0 Å². The van der Waals surface area contributed by atoms with Crippen LogP contribution in [0.1, 0.15) is 64.7 Å². The van der Waals surface area contributed by atoms with E-state index in [1.165, 1.54) is 57.8 Å². The van der Waals surface area contributed by atoms with Crippen molar-refractivity contribution in [1.82, 2.24) is 5.32 Å². The Morgan fingerprint density at radius 1 is 1.15 bits per heavy atom. The summed E-state index contributed by atoms with van der Waals surface area (Å²) in [6.45, 7) is 5.24. The first-order chi connectivity index (χ1) is 9.81. The fourth-order valence-corrected chi connectivity index (χ4v) is 4.59. The lowest BCUT2D eigenvalue weighted by atomic mass is 9.79. The third-order valence-electron chi connectivity index (χ3n) is 5.62. The molecule has 3 nitrogen and oxygen atoms in total. The van der Waals surface area contributed by atoms with Crippen LogP contribution in [-0.2, 0) is 9.47 Å². The van der Waals surface area contributed by atoms with E-state index in [1.54, 1.807) is 0 Å². The van der Waals surface area contributed by atoms with Crippen LogP contribution < -0.4 is 5.32 Å². The molecule has 1 N–H and O–H groups in total. The Hall–Kier alpha value is -0.120. The van der Waals surface area contributed by atoms with Crippen LogP contribution in [0.15, 0.2) is 0 Å². The second kappa shape index (κ2) is 6.76. The van der Waals surface area contributed by atoms with Crippen LogP contribution in [0.5, 0.6) is 0 Å². The van der Waals surface area contributed by atoms with E-state index in [-0.39, 0.29) is 5.60 Å². The minimum Gasteiger partial charge on any atom is -0.378 e. The predicted molar refractivity (Wildman–Crippen MR) is 80.9 cm³/mol. The summed E-state index contributed by atoms with van der Waals surface area (Å²) in [7, 11) is 0. The molecule has 3 aliphatic rings. The molecule has 3 heteroatoms. The maximum absolute atomic E-state index is 6.20. The maximum Gasteiger partial charge on any atom is 0.0685 e. The first kappa shape index (κ1) is 14.8. The van der Waals surface area contributed by atoms with E-state index < -0.39 is 0 Å². The van der Waals surface area contributed by atoms with Gasteiger partial charge >= 0.3 is 0 Å². The lowest BCUT2D eigenvalue weighted by Crippen LogP contribution is -2.46. The molecule has 1 saturated carbocycles. The van der Waals surface area contributed by atoms with E-state index >= 15 is 0 Å². The Morgan fingerprint density at radius 3 is 2.70 bits per heavy atom. The van der Waals surface area contributed by atoms with E-state index in [1.807, 2.05) is 0 Å². The van der Waals surface area contributed by atoms with Crippen molar-refractivity contribution in [1.29, 1.82) is 0 Å². The average Bonchev–Trinajstić information content (AvgIpc) is 3.11. The molecule has 2 heterocycles. The highest BCUT2D eigenvalue weighted by molar-refractivity contribution is 4.95. The van der Waals surface area contributed by atoms with Crippen molar-refractivity contribution in [3.05, 3.63) is 0 Å². The number of ether oxygens (including phenoxy) is 2. The second-order valence-corrected chi connectivity index (χ2v) is 7.03. The zero-order valence-electron chi connectivity index (χ0n) is 13.0. The monoisotopic (exact) mass is 281 g/mol. The van der Waals surface area contributed by atoms with Gasteiger partial charge in [-0.05, 0) is 57.4 Å². The summed E-state index contributed by atoms with van der Waals surface area (Å²) >= 11 is 0. The normalized spacial score (nSPS) is 34.6. The SMILES string of the molecule is CCNC(CC1CCCO1)C1CCOC2(CCCC2)C1. The van der Waals surface area contributed by atoms with E-state index in [4.69, 9.17) is 9.47 Å². The number of nitrogens with one attached hydrogen (secondary N) is 1. The molecule has 0 aromatic carbocycles. The molecule has 3 rings (SSSR count). The van der Waals surface area contributed by atoms with Crippen LogP contribution in [0.4, 0.5) is 0 Å². The maximum atomic E-state index is 6.20. The molecule has 0 amide bonds. The van der Waals surface area contributed by atoms with Gasteiger partial charge in [0.1, 0.15) is 0 Å². The summed E-state index contributed by atoms with van der Waals surface area (Å²) in [4.78, 5) is 0. The summed E-state index contributed by atoms with van der Waals surface area (Å²) < 4.78 is 12.1. The Kier molecular flexibility index (Phi) is 5.00. The minimum atomic E-state index is 0.243. The fourth-order valence-electron chi connectivity index (χ4n) is 4.59. The molecule has 3 atom stereocenters. The van der Waals surface area contributed by atoms with Gasteiger partial charge in [0.25, 0.3) is 0 Å². The highest BCUT2D eigenvalue weighted by Crippen LogP contribution is 2.43. The molecule has 0 bridgehead atoms. The molecular formula is C17H31NO2. The summed E-state index contributed by atoms with van der Waals surface area (Å²) in [5.74, 6) is 0.783. The number of hydrogen-bond donors (Lipinski definition) is 1. The lowest BCUT2D eigenvalue weighted by Gasteiger charge is -2.42. The standard InChI is InChI=1S/C17H31NO2/c1-2-18-16(12-15-6-5-10-19-15)14-7-11-20-17(13-14)8-3-4-9-17/h14-16,18H,2-13H2,1H3. The van der Waals surface area contributed by atoms with Gasteiger partial charge in [-0.15, -0.1) is 0 Å². The van der Waals surface area contributed by atoms with Crippen molar-refractivity contribution in [2.45, 2.75) is 82.5 Å². The molecule has 20 heavy (non-hydrogen) atoms. The van der Waals surface area contributed by atoms with Crippen LogP contribution in [-0.4, -0.2) is 37.5 Å². The molecule has 3 unspecified atom stereocenters. The highest BCUT2D eigenvalue weighted by atomic mass is 16.5. The van der Waals surface area contributed by atoms with Crippen LogP contribution in [0.2, 0.25) is 0 Å². The summed E-state index contributed by atoms with van der Waals surface area (Å²) in [5.41, 5.74) is 0.243. The van der Waals surface area contributed by atoms with Crippen LogP contribution in [0.25, 0.3) is 0 Å². The number of hydrogen-bond acceptors (Lipinski definition) is 3. The topological polar surface area (TPSA) is 30.5 Å². The third-order valence-corrected chi connectivity index (χ3v) is 5.62. The summed E-state index contributed by atoms with van der Waals surface area (Å²) in [5, 5.41) is 3.75. The quantitative estimate of drug-likeness (QED) is 0.839. The molecule has 2 aliphatic heterocycles.